The summed E-state index contributed by atoms with van der Waals surface area (Å²) in [5.74, 6) is 3.36. The maximum Gasteiger partial charge on any atom is 0.226 e. The summed E-state index contributed by atoms with van der Waals surface area (Å²) in [5.41, 5.74) is 1.48. The Morgan fingerprint density at radius 2 is 1.89 bits per heavy atom. The van der Waals surface area contributed by atoms with Gasteiger partial charge in [0, 0.05) is 44.6 Å². The van der Waals surface area contributed by atoms with Gasteiger partial charge in [-0.25, -0.2) is 0 Å². The van der Waals surface area contributed by atoms with E-state index in [1.165, 1.54) is 25.7 Å². The number of carbonyl (C=O) groups is 1. The molecule has 2 saturated carbocycles. The predicted octanol–water partition coefficient (Wildman–Crippen LogP) is 3.63. The van der Waals surface area contributed by atoms with Crippen molar-refractivity contribution < 1.29 is 4.79 Å². The summed E-state index contributed by atoms with van der Waals surface area (Å²) in [6, 6.07) is 8.67. The van der Waals surface area contributed by atoms with Crippen LogP contribution in [-0.2, 0) is 4.79 Å². The van der Waals surface area contributed by atoms with E-state index >= 15 is 0 Å². The lowest BCUT2D eigenvalue weighted by molar-refractivity contribution is -0.132. The summed E-state index contributed by atoms with van der Waals surface area (Å²) >= 11 is 6.38. The first-order valence-electron chi connectivity index (χ1n) is 13.2. The number of nitrogens with zero attached hydrogens (tertiary/aromatic N) is 6. The monoisotopic (exact) mass is 494 g/mol. The topological polar surface area (TPSA) is 66.2 Å². The summed E-state index contributed by atoms with van der Waals surface area (Å²) in [7, 11) is 4.22. The van der Waals surface area contributed by atoms with E-state index in [0.717, 1.165) is 50.5 Å². The van der Waals surface area contributed by atoms with E-state index < -0.39 is 0 Å². The van der Waals surface area contributed by atoms with Crippen LogP contribution in [0.2, 0.25) is 5.02 Å². The number of hydrogen-bond acceptors (Lipinski definition) is 6. The molecule has 5 atom stereocenters. The summed E-state index contributed by atoms with van der Waals surface area (Å²) < 4.78 is 0. The van der Waals surface area contributed by atoms with Crippen LogP contribution in [0.3, 0.4) is 0 Å². The molecule has 3 heterocycles. The van der Waals surface area contributed by atoms with Crippen LogP contribution in [0.4, 0.5) is 5.69 Å². The number of nitriles is 1. The number of rotatable bonds is 4. The minimum Gasteiger partial charge on any atom is -0.358 e. The Bertz CT molecular complexity index is 1060. The van der Waals surface area contributed by atoms with Crippen LogP contribution >= 0.6 is 11.6 Å². The van der Waals surface area contributed by atoms with Gasteiger partial charge in [0.25, 0.3) is 0 Å². The molecular weight excluding hydrogens is 460 g/mol. The molecule has 0 N–H and O–H groups in total. The molecule has 3 aliphatic heterocycles. The molecule has 0 bridgehead atoms. The molecular formula is C27H35ClN6O. The third-order valence-electron chi connectivity index (χ3n) is 9.26. The average Bonchev–Trinajstić information content (AvgIpc) is 3.48. The van der Waals surface area contributed by atoms with E-state index in [-0.39, 0.29) is 5.92 Å². The van der Waals surface area contributed by atoms with Crippen LogP contribution in [-0.4, -0.2) is 78.8 Å². The molecule has 2 saturated heterocycles. The van der Waals surface area contributed by atoms with Gasteiger partial charge in [-0.15, -0.1) is 0 Å². The minimum atomic E-state index is 0.216. The van der Waals surface area contributed by atoms with Crippen LogP contribution in [0.1, 0.15) is 44.1 Å². The second-order valence-electron chi connectivity index (χ2n) is 11.4. The molecule has 186 valence electrons. The first-order valence-corrected chi connectivity index (χ1v) is 13.6. The molecule has 0 radical (unpaired) electrons. The lowest BCUT2D eigenvalue weighted by atomic mass is 9.94. The Morgan fingerprint density at radius 3 is 2.51 bits per heavy atom. The van der Waals surface area contributed by atoms with E-state index in [9.17, 15) is 10.1 Å². The smallest absolute Gasteiger partial charge is 0.226 e. The highest BCUT2D eigenvalue weighted by Crippen LogP contribution is 2.53. The van der Waals surface area contributed by atoms with Gasteiger partial charge in [-0.1, -0.05) is 24.4 Å². The first kappa shape index (κ1) is 23.1. The van der Waals surface area contributed by atoms with Gasteiger partial charge in [0.05, 0.1) is 22.3 Å². The van der Waals surface area contributed by atoms with E-state index in [0.29, 0.717) is 46.3 Å². The van der Waals surface area contributed by atoms with Gasteiger partial charge in [0.15, 0.2) is 0 Å². The molecule has 1 aromatic carbocycles. The lowest BCUT2D eigenvalue weighted by Crippen LogP contribution is -2.38. The fraction of sp³-hybridized carbons (Fsp3) is 0.667. The number of halogens is 1. The van der Waals surface area contributed by atoms with Gasteiger partial charge in [0.2, 0.25) is 5.91 Å². The quantitative estimate of drug-likeness (QED) is 0.639. The molecule has 1 amide bonds. The highest BCUT2D eigenvalue weighted by molar-refractivity contribution is 6.32. The highest BCUT2D eigenvalue weighted by Gasteiger charge is 2.61. The number of amides is 1. The molecule has 4 fully saturated rings. The average molecular weight is 495 g/mol. The van der Waals surface area contributed by atoms with Crippen molar-refractivity contribution in [2.24, 2.45) is 28.8 Å². The van der Waals surface area contributed by atoms with Crippen molar-refractivity contribution in [1.82, 2.24) is 14.7 Å². The van der Waals surface area contributed by atoms with E-state index in [1.807, 2.05) is 12.1 Å². The van der Waals surface area contributed by atoms with Gasteiger partial charge >= 0.3 is 0 Å². The van der Waals surface area contributed by atoms with Gasteiger partial charge in [-0.05, 0) is 69.3 Å². The molecule has 7 nitrogen and oxygen atoms in total. The zero-order valence-corrected chi connectivity index (χ0v) is 21.5. The maximum atomic E-state index is 13.2. The molecule has 2 unspecified atom stereocenters. The molecule has 5 aliphatic rings. The number of carbonyl (C=O) groups excluding carboxylic acids is 1. The fourth-order valence-corrected chi connectivity index (χ4v) is 7.29. The number of likely N-dealkylation sites (tertiary alicyclic amines) is 2. The lowest BCUT2D eigenvalue weighted by Gasteiger charge is -2.28. The molecule has 0 aromatic heterocycles. The van der Waals surface area contributed by atoms with Crippen molar-refractivity contribution in [3.05, 3.63) is 28.8 Å². The van der Waals surface area contributed by atoms with Crippen LogP contribution < -0.4 is 5.01 Å². The molecule has 2 aliphatic carbocycles. The number of hydrogen-bond donors (Lipinski definition) is 0. The first-order chi connectivity index (χ1) is 16.9. The molecule has 0 spiro atoms. The number of amidine groups is 1. The van der Waals surface area contributed by atoms with Gasteiger partial charge in [-0.3, -0.25) is 9.80 Å². The fourth-order valence-electron chi connectivity index (χ4n) is 7.08. The van der Waals surface area contributed by atoms with Gasteiger partial charge in [0.1, 0.15) is 11.9 Å². The number of benzene rings is 1. The van der Waals surface area contributed by atoms with Crippen LogP contribution in [0, 0.1) is 35.0 Å². The molecule has 1 aromatic rings. The second kappa shape index (κ2) is 8.97. The van der Waals surface area contributed by atoms with Gasteiger partial charge < -0.3 is 14.7 Å². The van der Waals surface area contributed by atoms with Crippen molar-refractivity contribution in [2.75, 3.05) is 45.3 Å². The number of anilines is 1. The largest absolute Gasteiger partial charge is 0.358 e. The van der Waals surface area contributed by atoms with E-state index in [4.69, 9.17) is 16.7 Å². The van der Waals surface area contributed by atoms with Crippen molar-refractivity contribution >= 4 is 29.0 Å². The normalized spacial score (nSPS) is 32.4. The summed E-state index contributed by atoms with van der Waals surface area (Å²) in [4.78, 5) is 20.0. The third-order valence-corrected chi connectivity index (χ3v) is 9.57. The Kier molecular flexibility index (Phi) is 5.93. The van der Waals surface area contributed by atoms with Crippen LogP contribution in [0.5, 0.6) is 0 Å². The minimum absolute atomic E-state index is 0.216. The summed E-state index contributed by atoms with van der Waals surface area (Å²) in [6.07, 6.45) is 7.13. The van der Waals surface area contributed by atoms with Crippen LogP contribution in [0.15, 0.2) is 23.3 Å². The van der Waals surface area contributed by atoms with E-state index in [1.54, 1.807) is 6.07 Å². The molecule has 6 rings (SSSR count). The molecule has 8 heteroatoms. The number of hydrazone groups is 1. The maximum absolute atomic E-state index is 13.2. The van der Waals surface area contributed by atoms with Crippen molar-refractivity contribution in [3.8, 4) is 6.07 Å². The SMILES string of the molecule is CN(C)[C@@H]1CCN(C(=O)C2[C@H]3CN(C4=NN(c5ccc(C#N)c(Cl)c5)C(C5CCCC5)C4)C[C@@H]23)C1. The Morgan fingerprint density at radius 1 is 1.14 bits per heavy atom. The summed E-state index contributed by atoms with van der Waals surface area (Å²) in [6.45, 7) is 3.68. The second-order valence-corrected chi connectivity index (χ2v) is 11.8. The Labute approximate surface area is 213 Å². The van der Waals surface area contributed by atoms with Crippen molar-refractivity contribution in [3.63, 3.8) is 0 Å². The van der Waals surface area contributed by atoms with E-state index in [2.05, 4.69) is 39.9 Å². The van der Waals surface area contributed by atoms with Crippen LogP contribution in [0.25, 0.3) is 0 Å². The number of likely N-dealkylation sites (N-methyl/N-ethyl adjacent to an activating group) is 1. The van der Waals surface area contributed by atoms with Crippen molar-refractivity contribution in [1.29, 1.82) is 5.26 Å². The number of fused-ring (bicyclic) bond motifs is 1. The number of piperidine rings is 1. The summed E-state index contributed by atoms with van der Waals surface area (Å²) in [5, 5.41) is 17.1. The molecule has 35 heavy (non-hydrogen) atoms. The zero-order chi connectivity index (χ0) is 24.3. The highest BCUT2D eigenvalue weighted by atomic mass is 35.5. The zero-order valence-electron chi connectivity index (χ0n) is 20.7. The van der Waals surface area contributed by atoms with Gasteiger partial charge in [-0.2, -0.15) is 10.4 Å². The Balaban J connectivity index is 1.14. The third kappa shape index (κ3) is 4.09. The standard InChI is InChI=1S/C27H35ClN6O/c1-31(2)20-9-10-32(14-20)27(35)26-21-15-33(16-22(21)26)25-12-24(17-5-3-4-6-17)34(30-25)19-8-7-18(13-29)23(28)11-19/h7-8,11,17,20-22,24,26H,3-6,9-10,12,14-16H2,1-2H3/t20-,21-,22+,24?,26?/m1/s1. The Hall–Kier alpha value is -2.30. The van der Waals surface area contributed by atoms with Crippen molar-refractivity contribution in [2.45, 2.75) is 50.6 Å². The predicted molar refractivity (Wildman–Crippen MR) is 137 cm³/mol.